The minimum atomic E-state index is 0.219. The average molecular weight is 319 g/mol. The molecule has 2 nitrogen and oxygen atoms in total. The van der Waals surface area contributed by atoms with Crippen LogP contribution in [0.5, 0.6) is 0 Å². The standard InChI is InChI=1S/C16H19BrN2/c1-12(13-6-3-2-4-7-13)16(11-18)19-15-9-5-8-14(17)10-15/h2-10,12,16,19H,11,18H2,1H3. The Balaban J connectivity index is 2.12. The summed E-state index contributed by atoms with van der Waals surface area (Å²) in [6.07, 6.45) is 0. The number of nitrogens with one attached hydrogen (secondary N) is 1. The summed E-state index contributed by atoms with van der Waals surface area (Å²) in [4.78, 5) is 0. The second kappa shape index (κ2) is 6.73. The zero-order chi connectivity index (χ0) is 13.7. The fourth-order valence-electron chi connectivity index (χ4n) is 2.17. The Labute approximate surface area is 123 Å². The molecule has 2 atom stereocenters. The maximum absolute atomic E-state index is 5.92. The maximum atomic E-state index is 5.92. The van der Waals surface area contributed by atoms with Crippen LogP contribution in [-0.4, -0.2) is 12.6 Å². The van der Waals surface area contributed by atoms with E-state index < -0.39 is 0 Å². The van der Waals surface area contributed by atoms with Gasteiger partial charge in [0.25, 0.3) is 0 Å². The first-order chi connectivity index (χ1) is 9.20. The molecule has 0 aliphatic carbocycles. The lowest BCUT2D eigenvalue weighted by Crippen LogP contribution is -2.33. The summed E-state index contributed by atoms with van der Waals surface area (Å²) in [5.74, 6) is 0.366. The van der Waals surface area contributed by atoms with Gasteiger partial charge in [-0.15, -0.1) is 0 Å². The molecule has 2 unspecified atom stereocenters. The summed E-state index contributed by atoms with van der Waals surface area (Å²) in [6, 6.07) is 18.9. The van der Waals surface area contributed by atoms with E-state index in [2.05, 4.69) is 64.6 Å². The van der Waals surface area contributed by atoms with Crippen molar-refractivity contribution in [1.82, 2.24) is 0 Å². The zero-order valence-electron chi connectivity index (χ0n) is 11.0. The van der Waals surface area contributed by atoms with Gasteiger partial charge >= 0.3 is 0 Å². The third-order valence-electron chi connectivity index (χ3n) is 3.36. The van der Waals surface area contributed by atoms with Crippen LogP contribution >= 0.6 is 15.9 Å². The molecule has 0 spiro atoms. The van der Waals surface area contributed by atoms with E-state index >= 15 is 0 Å². The molecule has 2 rings (SSSR count). The lowest BCUT2D eigenvalue weighted by atomic mass is 9.93. The number of hydrogen-bond acceptors (Lipinski definition) is 2. The van der Waals surface area contributed by atoms with Crippen molar-refractivity contribution in [1.29, 1.82) is 0 Å². The highest BCUT2D eigenvalue weighted by Gasteiger charge is 2.17. The fraction of sp³-hybridized carbons (Fsp3) is 0.250. The predicted octanol–water partition coefficient (Wildman–Crippen LogP) is 3.99. The summed E-state index contributed by atoms with van der Waals surface area (Å²) in [6.45, 7) is 2.81. The molecule has 0 fully saturated rings. The van der Waals surface area contributed by atoms with Gasteiger partial charge in [-0.2, -0.15) is 0 Å². The van der Waals surface area contributed by atoms with Crippen molar-refractivity contribution in [2.75, 3.05) is 11.9 Å². The fourth-order valence-corrected chi connectivity index (χ4v) is 2.57. The van der Waals surface area contributed by atoms with Gasteiger partial charge in [-0.25, -0.2) is 0 Å². The van der Waals surface area contributed by atoms with E-state index in [0.717, 1.165) is 10.2 Å². The molecule has 2 aromatic rings. The number of anilines is 1. The Kier molecular flexibility index (Phi) is 5.00. The molecule has 0 radical (unpaired) electrons. The molecule has 0 saturated carbocycles. The Bertz CT molecular complexity index is 513. The Morgan fingerprint density at radius 2 is 1.84 bits per heavy atom. The van der Waals surface area contributed by atoms with Gasteiger partial charge in [-0.1, -0.05) is 59.3 Å². The van der Waals surface area contributed by atoms with Gasteiger partial charge in [0, 0.05) is 28.7 Å². The summed E-state index contributed by atoms with van der Waals surface area (Å²) in [7, 11) is 0. The smallest absolute Gasteiger partial charge is 0.0449 e. The van der Waals surface area contributed by atoms with Gasteiger partial charge in [0.1, 0.15) is 0 Å². The average Bonchev–Trinajstić information content (AvgIpc) is 2.45. The molecule has 0 aromatic heterocycles. The molecule has 0 saturated heterocycles. The lowest BCUT2D eigenvalue weighted by Gasteiger charge is -2.25. The topological polar surface area (TPSA) is 38.0 Å². The highest BCUT2D eigenvalue weighted by molar-refractivity contribution is 9.10. The van der Waals surface area contributed by atoms with E-state index in [1.54, 1.807) is 0 Å². The molecule has 0 aliphatic heterocycles. The summed E-state index contributed by atoms with van der Waals surface area (Å²) >= 11 is 3.48. The third-order valence-corrected chi connectivity index (χ3v) is 3.85. The van der Waals surface area contributed by atoms with Crippen LogP contribution in [0.1, 0.15) is 18.4 Å². The van der Waals surface area contributed by atoms with Crippen LogP contribution in [0.15, 0.2) is 59.1 Å². The molecular formula is C16H19BrN2. The van der Waals surface area contributed by atoms with Crippen LogP contribution in [0.4, 0.5) is 5.69 Å². The molecule has 3 N–H and O–H groups in total. The summed E-state index contributed by atoms with van der Waals surface area (Å²) in [5, 5.41) is 3.51. The van der Waals surface area contributed by atoms with Crippen molar-refractivity contribution in [3.8, 4) is 0 Å². The highest BCUT2D eigenvalue weighted by atomic mass is 79.9. The second-order valence-corrected chi connectivity index (χ2v) is 5.61. The van der Waals surface area contributed by atoms with Gasteiger partial charge in [0.05, 0.1) is 0 Å². The molecule has 3 heteroatoms. The van der Waals surface area contributed by atoms with E-state index in [1.807, 2.05) is 18.2 Å². The summed E-state index contributed by atoms with van der Waals surface area (Å²) < 4.78 is 1.07. The van der Waals surface area contributed by atoms with Crippen molar-refractivity contribution >= 4 is 21.6 Å². The van der Waals surface area contributed by atoms with Crippen LogP contribution in [0.2, 0.25) is 0 Å². The highest BCUT2D eigenvalue weighted by Crippen LogP contribution is 2.23. The minimum absolute atomic E-state index is 0.219. The third kappa shape index (κ3) is 3.82. The van der Waals surface area contributed by atoms with E-state index in [4.69, 9.17) is 5.73 Å². The largest absolute Gasteiger partial charge is 0.380 e. The molecule has 0 amide bonds. The molecule has 100 valence electrons. The first-order valence-electron chi connectivity index (χ1n) is 6.48. The van der Waals surface area contributed by atoms with Crippen molar-refractivity contribution in [3.05, 3.63) is 64.6 Å². The van der Waals surface area contributed by atoms with Crippen molar-refractivity contribution in [2.24, 2.45) is 5.73 Å². The zero-order valence-corrected chi connectivity index (χ0v) is 12.6. The molecule has 0 heterocycles. The minimum Gasteiger partial charge on any atom is -0.380 e. The van der Waals surface area contributed by atoms with E-state index in [0.29, 0.717) is 12.5 Å². The normalized spacial score (nSPS) is 13.8. The molecule has 19 heavy (non-hydrogen) atoms. The number of halogens is 1. The van der Waals surface area contributed by atoms with Crippen molar-refractivity contribution in [2.45, 2.75) is 18.9 Å². The Morgan fingerprint density at radius 1 is 1.11 bits per heavy atom. The molecular weight excluding hydrogens is 300 g/mol. The Hall–Kier alpha value is -1.32. The van der Waals surface area contributed by atoms with E-state index in [9.17, 15) is 0 Å². The SMILES string of the molecule is CC(c1ccccc1)C(CN)Nc1cccc(Br)c1. The van der Waals surface area contributed by atoms with Crippen LogP contribution in [-0.2, 0) is 0 Å². The van der Waals surface area contributed by atoms with Crippen LogP contribution in [0.3, 0.4) is 0 Å². The number of nitrogens with two attached hydrogens (primary N) is 1. The predicted molar refractivity (Wildman–Crippen MR) is 85.5 cm³/mol. The van der Waals surface area contributed by atoms with E-state index in [-0.39, 0.29) is 6.04 Å². The number of hydrogen-bond donors (Lipinski definition) is 2. The van der Waals surface area contributed by atoms with Crippen LogP contribution in [0, 0.1) is 0 Å². The first-order valence-corrected chi connectivity index (χ1v) is 7.27. The van der Waals surface area contributed by atoms with Gasteiger partial charge in [0.2, 0.25) is 0 Å². The molecule has 0 aliphatic rings. The first kappa shape index (κ1) is 14.1. The lowest BCUT2D eigenvalue weighted by molar-refractivity contribution is 0.611. The quantitative estimate of drug-likeness (QED) is 0.874. The van der Waals surface area contributed by atoms with Gasteiger partial charge in [-0.05, 0) is 23.8 Å². The number of rotatable bonds is 5. The van der Waals surface area contributed by atoms with Gasteiger partial charge < -0.3 is 11.1 Å². The second-order valence-electron chi connectivity index (χ2n) is 4.70. The Morgan fingerprint density at radius 3 is 2.47 bits per heavy atom. The monoisotopic (exact) mass is 318 g/mol. The van der Waals surface area contributed by atoms with Crippen molar-refractivity contribution in [3.63, 3.8) is 0 Å². The molecule has 2 aromatic carbocycles. The van der Waals surface area contributed by atoms with Crippen LogP contribution in [0.25, 0.3) is 0 Å². The van der Waals surface area contributed by atoms with Gasteiger partial charge in [0.15, 0.2) is 0 Å². The maximum Gasteiger partial charge on any atom is 0.0449 e. The van der Waals surface area contributed by atoms with Crippen LogP contribution < -0.4 is 11.1 Å². The van der Waals surface area contributed by atoms with Gasteiger partial charge in [-0.3, -0.25) is 0 Å². The van der Waals surface area contributed by atoms with Crippen molar-refractivity contribution < 1.29 is 0 Å². The number of benzene rings is 2. The van der Waals surface area contributed by atoms with E-state index in [1.165, 1.54) is 5.56 Å². The molecule has 0 bridgehead atoms. The summed E-state index contributed by atoms with van der Waals surface area (Å²) in [5.41, 5.74) is 8.32.